The maximum Gasteiger partial charge on any atom is 0.115 e. The lowest BCUT2D eigenvalue weighted by atomic mass is 10.1. The first-order chi connectivity index (χ1) is 10.1. The van der Waals surface area contributed by atoms with Crippen molar-refractivity contribution in [3.63, 3.8) is 0 Å². The van der Waals surface area contributed by atoms with Gasteiger partial charge in [-0.1, -0.05) is 54.1 Å². The minimum atomic E-state index is 0.719. The molecule has 3 nitrogen and oxygen atoms in total. The Morgan fingerprint density at radius 2 is 1.86 bits per heavy atom. The van der Waals surface area contributed by atoms with Crippen LogP contribution in [0.5, 0.6) is 0 Å². The second-order valence-corrected chi connectivity index (χ2v) is 5.43. The van der Waals surface area contributed by atoms with E-state index in [2.05, 4.69) is 55.3 Å². The Morgan fingerprint density at radius 3 is 2.62 bits per heavy atom. The molecule has 0 radical (unpaired) electrons. The molecule has 106 valence electrons. The van der Waals surface area contributed by atoms with Crippen LogP contribution in [0.15, 0.2) is 54.7 Å². The minimum absolute atomic E-state index is 0.719. The molecule has 2 aromatic carbocycles. The van der Waals surface area contributed by atoms with E-state index < -0.39 is 0 Å². The van der Waals surface area contributed by atoms with Gasteiger partial charge in [0, 0.05) is 11.8 Å². The molecule has 2 N–H and O–H groups in total. The summed E-state index contributed by atoms with van der Waals surface area (Å²) in [7, 11) is 0. The van der Waals surface area contributed by atoms with Gasteiger partial charge < -0.3 is 5.73 Å². The zero-order valence-electron chi connectivity index (χ0n) is 12.4. The lowest BCUT2D eigenvalue weighted by Gasteiger charge is -2.04. The quantitative estimate of drug-likeness (QED) is 0.791. The molecule has 0 bridgehead atoms. The number of rotatable bonds is 3. The first-order valence-electron chi connectivity index (χ1n) is 7.08. The smallest absolute Gasteiger partial charge is 0.115 e. The van der Waals surface area contributed by atoms with E-state index in [0.717, 1.165) is 23.5 Å². The zero-order valence-corrected chi connectivity index (χ0v) is 12.4. The summed E-state index contributed by atoms with van der Waals surface area (Å²) < 4.78 is 1.91. The fourth-order valence-electron chi connectivity index (χ4n) is 2.56. The van der Waals surface area contributed by atoms with Gasteiger partial charge in [0.25, 0.3) is 0 Å². The van der Waals surface area contributed by atoms with Gasteiger partial charge in [0.2, 0.25) is 0 Å². The normalized spacial score (nSPS) is 10.8. The molecule has 0 saturated carbocycles. The van der Waals surface area contributed by atoms with E-state index >= 15 is 0 Å². The van der Waals surface area contributed by atoms with Crippen molar-refractivity contribution in [3.05, 3.63) is 71.4 Å². The number of hydrogen-bond acceptors (Lipinski definition) is 2. The molecule has 0 amide bonds. The highest BCUT2D eigenvalue weighted by Gasteiger charge is 2.10. The van der Waals surface area contributed by atoms with Gasteiger partial charge in [-0.15, -0.1) is 0 Å². The van der Waals surface area contributed by atoms with Gasteiger partial charge in [0.1, 0.15) is 5.69 Å². The summed E-state index contributed by atoms with van der Waals surface area (Å²) >= 11 is 0. The van der Waals surface area contributed by atoms with Crippen LogP contribution in [0.1, 0.15) is 16.7 Å². The third-order valence-electron chi connectivity index (χ3n) is 3.62. The molecule has 3 rings (SSSR count). The Labute approximate surface area is 125 Å². The van der Waals surface area contributed by atoms with E-state index in [-0.39, 0.29) is 0 Å². The number of hydrogen-bond donors (Lipinski definition) is 1. The summed E-state index contributed by atoms with van der Waals surface area (Å²) in [4.78, 5) is 0. The predicted octanol–water partition coefficient (Wildman–Crippen LogP) is 3.80. The van der Waals surface area contributed by atoms with E-state index in [1.165, 1.54) is 16.7 Å². The Balaban J connectivity index is 1.93. The first kappa shape index (κ1) is 13.4. The molecule has 1 aromatic heterocycles. The average molecular weight is 277 g/mol. The third-order valence-corrected chi connectivity index (χ3v) is 3.62. The van der Waals surface area contributed by atoms with E-state index in [0.29, 0.717) is 0 Å². The Bertz CT molecular complexity index is 772. The van der Waals surface area contributed by atoms with Crippen molar-refractivity contribution >= 4 is 5.69 Å². The number of nitrogens with two attached hydrogens (primary N) is 1. The molecule has 21 heavy (non-hydrogen) atoms. The number of nitrogen functional groups attached to an aromatic ring is 1. The second kappa shape index (κ2) is 5.44. The molecular weight excluding hydrogens is 258 g/mol. The van der Waals surface area contributed by atoms with Crippen LogP contribution >= 0.6 is 0 Å². The summed E-state index contributed by atoms with van der Waals surface area (Å²) in [5.41, 5.74) is 12.5. The minimum Gasteiger partial charge on any atom is -0.396 e. The summed E-state index contributed by atoms with van der Waals surface area (Å²) in [5.74, 6) is 0. The largest absolute Gasteiger partial charge is 0.396 e. The van der Waals surface area contributed by atoms with Crippen molar-refractivity contribution in [2.75, 3.05) is 5.73 Å². The maximum absolute atomic E-state index is 6.14. The molecular formula is C18H19N3. The summed E-state index contributed by atoms with van der Waals surface area (Å²) in [6.45, 7) is 4.91. The molecule has 3 aromatic rings. The second-order valence-electron chi connectivity index (χ2n) is 5.43. The first-order valence-corrected chi connectivity index (χ1v) is 7.08. The van der Waals surface area contributed by atoms with Crippen LogP contribution in [-0.4, -0.2) is 9.78 Å². The SMILES string of the molecule is Cc1cccc(Cn2cc(N)c(-c3ccccc3C)n2)c1. The molecule has 0 aliphatic heterocycles. The van der Waals surface area contributed by atoms with Crippen molar-refractivity contribution < 1.29 is 0 Å². The van der Waals surface area contributed by atoms with Crippen LogP contribution in [0.25, 0.3) is 11.3 Å². The molecule has 0 fully saturated rings. The molecule has 0 unspecified atom stereocenters. The van der Waals surface area contributed by atoms with E-state index in [1.54, 1.807) is 0 Å². The predicted molar refractivity (Wildman–Crippen MR) is 87.1 cm³/mol. The Kier molecular flexibility index (Phi) is 3.48. The van der Waals surface area contributed by atoms with Gasteiger partial charge in [-0.25, -0.2) is 0 Å². The average Bonchev–Trinajstić information content (AvgIpc) is 2.80. The maximum atomic E-state index is 6.14. The highest BCUT2D eigenvalue weighted by molar-refractivity contribution is 5.74. The Morgan fingerprint density at radius 1 is 1.05 bits per heavy atom. The van der Waals surface area contributed by atoms with Gasteiger partial charge >= 0.3 is 0 Å². The van der Waals surface area contributed by atoms with E-state index in [9.17, 15) is 0 Å². The van der Waals surface area contributed by atoms with Crippen LogP contribution in [0.2, 0.25) is 0 Å². The number of aromatic nitrogens is 2. The molecule has 0 atom stereocenters. The number of anilines is 1. The fraction of sp³-hybridized carbons (Fsp3) is 0.167. The molecule has 1 heterocycles. The highest BCUT2D eigenvalue weighted by Crippen LogP contribution is 2.27. The molecule has 0 saturated heterocycles. The monoisotopic (exact) mass is 277 g/mol. The van der Waals surface area contributed by atoms with Gasteiger partial charge in [-0.2, -0.15) is 5.10 Å². The van der Waals surface area contributed by atoms with Crippen LogP contribution in [-0.2, 0) is 6.54 Å². The van der Waals surface area contributed by atoms with Crippen molar-refractivity contribution in [2.45, 2.75) is 20.4 Å². The van der Waals surface area contributed by atoms with Crippen LogP contribution in [0.4, 0.5) is 5.69 Å². The fourth-order valence-corrected chi connectivity index (χ4v) is 2.56. The molecule has 0 spiro atoms. The zero-order chi connectivity index (χ0) is 14.8. The van der Waals surface area contributed by atoms with Crippen LogP contribution < -0.4 is 5.73 Å². The van der Waals surface area contributed by atoms with Crippen molar-refractivity contribution in [1.29, 1.82) is 0 Å². The van der Waals surface area contributed by atoms with Crippen molar-refractivity contribution in [3.8, 4) is 11.3 Å². The summed E-state index contributed by atoms with van der Waals surface area (Å²) in [6, 6.07) is 16.6. The summed E-state index contributed by atoms with van der Waals surface area (Å²) in [6.07, 6.45) is 1.91. The van der Waals surface area contributed by atoms with Crippen LogP contribution in [0, 0.1) is 13.8 Å². The lowest BCUT2D eigenvalue weighted by Crippen LogP contribution is -2.00. The topological polar surface area (TPSA) is 43.8 Å². The number of nitrogens with zero attached hydrogens (tertiary/aromatic N) is 2. The molecule has 0 aliphatic rings. The standard InChI is InChI=1S/C18H19N3/c1-13-6-5-8-15(10-13)11-21-12-17(19)18(20-21)16-9-4-3-7-14(16)2/h3-10,12H,11,19H2,1-2H3. The number of benzene rings is 2. The number of aryl methyl sites for hydroxylation is 2. The molecule has 3 heteroatoms. The summed E-state index contributed by atoms with van der Waals surface area (Å²) in [5, 5.41) is 4.66. The molecule has 0 aliphatic carbocycles. The third kappa shape index (κ3) is 2.82. The lowest BCUT2D eigenvalue weighted by molar-refractivity contribution is 0.689. The highest BCUT2D eigenvalue weighted by atomic mass is 15.3. The van der Waals surface area contributed by atoms with E-state index in [1.807, 2.05) is 23.0 Å². The van der Waals surface area contributed by atoms with Crippen LogP contribution in [0.3, 0.4) is 0 Å². The van der Waals surface area contributed by atoms with E-state index in [4.69, 9.17) is 5.73 Å². The van der Waals surface area contributed by atoms with Gasteiger partial charge in [0.15, 0.2) is 0 Å². The van der Waals surface area contributed by atoms with Gasteiger partial charge in [-0.3, -0.25) is 4.68 Å². The van der Waals surface area contributed by atoms with Crippen molar-refractivity contribution in [2.24, 2.45) is 0 Å². The Hall–Kier alpha value is -2.55. The van der Waals surface area contributed by atoms with Gasteiger partial charge in [0.05, 0.1) is 12.2 Å². The van der Waals surface area contributed by atoms with Gasteiger partial charge in [-0.05, 0) is 25.0 Å². The van der Waals surface area contributed by atoms with Crippen molar-refractivity contribution in [1.82, 2.24) is 9.78 Å².